The molecule has 3 atom stereocenters. The molecule has 3 unspecified atom stereocenters. The molecule has 1 fully saturated rings. The zero-order chi connectivity index (χ0) is 12.3. The fourth-order valence-corrected chi connectivity index (χ4v) is 1.87. The minimum Gasteiger partial charge on any atom is -0.390 e. The predicted molar refractivity (Wildman–Crippen MR) is 64.1 cm³/mol. The van der Waals surface area contributed by atoms with Gasteiger partial charge in [-0.3, -0.25) is 4.79 Å². The van der Waals surface area contributed by atoms with Crippen molar-refractivity contribution in [2.75, 3.05) is 20.1 Å². The van der Waals surface area contributed by atoms with Gasteiger partial charge >= 0.3 is 0 Å². The molecule has 1 heterocycles. The highest BCUT2D eigenvalue weighted by Gasteiger charge is 2.28. The Morgan fingerprint density at radius 1 is 1.44 bits per heavy atom. The van der Waals surface area contributed by atoms with E-state index in [0.29, 0.717) is 12.5 Å². The monoisotopic (exact) mass is 228 g/mol. The number of β-amino-alcohol motifs (C(OH)–C–C–N with tert-alkyl or cyclic N) is 1. The maximum atomic E-state index is 11.8. The van der Waals surface area contributed by atoms with Crippen molar-refractivity contribution in [2.45, 2.75) is 39.3 Å². The van der Waals surface area contributed by atoms with Crippen LogP contribution in [-0.2, 0) is 4.79 Å². The van der Waals surface area contributed by atoms with Gasteiger partial charge in [-0.25, -0.2) is 0 Å². The molecule has 1 amide bonds. The van der Waals surface area contributed by atoms with Crippen LogP contribution in [0, 0.1) is 11.8 Å². The second kappa shape index (κ2) is 5.64. The average Bonchev–Trinajstić information content (AvgIpc) is 2.20. The number of likely N-dealkylation sites (N-methyl/N-ethyl adjacent to an activating group) is 1. The van der Waals surface area contributed by atoms with Gasteiger partial charge in [0.1, 0.15) is 0 Å². The summed E-state index contributed by atoms with van der Waals surface area (Å²) in [5.74, 6) is 0.402. The predicted octanol–water partition coefficient (Wildman–Crippen LogP) is 0.460. The van der Waals surface area contributed by atoms with Crippen LogP contribution in [0.3, 0.4) is 0 Å². The number of hydrogen-bond donors (Lipinski definition) is 2. The molecule has 2 N–H and O–H groups in total. The summed E-state index contributed by atoms with van der Waals surface area (Å²) < 4.78 is 0. The highest BCUT2D eigenvalue weighted by atomic mass is 16.3. The van der Waals surface area contributed by atoms with Gasteiger partial charge in [0.05, 0.1) is 12.1 Å². The van der Waals surface area contributed by atoms with E-state index in [1.165, 1.54) is 0 Å². The van der Waals surface area contributed by atoms with E-state index >= 15 is 0 Å². The van der Waals surface area contributed by atoms with Gasteiger partial charge in [-0.05, 0) is 25.9 Å². The van der Waals surface area contributed by atoms with Crippen LogP contribution in [0.25, 0.3) is 0 Å². The Kier molecular flexibility index (Phi) is 4.74. The number of hydrogen-bond acceptors (Lipinski definition) is 3. The standard InChI is InChI=1S/C12H24N2O2/c1-8(2)9(3)12(16)13-10-5-6-14(4)7-11(10)15/h8-11,15H,5-7H2,1-4H3,(H,13,16). The number of likely N-dealkylation sites (tertiary alicyclic amines) is 1. The lowest BCUT2D eigenvalue weighted by Crippen LogP contribution is -2.54. The highest BCUT2D eigenvalue weighted by molar-refractivity contribution is 5.78. The Bertz CT molecular complexity index is 243. The second-order valence-corrected chi connectivity index (χ2v) is 5.27. The molecule has 4 nitrogen and oxygen atoms in total. The lowest BCUT2D eigenvalue weighted by Gasteiger charge is -2.34. The summed E-state index contributed by atoms with van der Waals surface area (Å²) in [5, 5.41) is 12.8. The van der Waals surface area contributed by atoms with Crippen molar-refractivity contribution in [3.63, 3.8) is 0 Å². The molecule has 0 bridgehead atoms. The Morgan fingerprint density at radius 3 is 2.56 bits per heavy atom. The summed E-state index contributed by atoms with van der Waals surface area (Å²) in [4.78, 5) is 13.9. The maximum absolute atomic E-state index is 11.8. The maximum Gasteiger partial charge on any atom is 0.223 e. The van der Waals surface area contributed by atoms with Gasteiger partial charge < -0.3 is 15.3 Å². The molecule has 0 radical (unpaired) electrons. The van der Waals surface area contributed by atoms with Crippen molar-refractivity contribution in [3.8, 4) is 0 Å². The first-order valence-corrected chi connectivity index (χ1v) is 6.08. The summed E-state index contributed by atoms with van der Waals surface area (Å²) in [7, 11) is 1.98. The average molecular weight is 228 g/mol. The Balaban J connectivity index is 2.45. The van der Waals surface area contributed by atoms with Crippen molar-refractivity contribution >= 4 is 5.91 Å². The number of carbonyl (C=O) groups excluding carboxylic acids is 1. The fourth-order valence-electron chi connectivity index (χ4n) is 1.87. The zero-order valence-electron chi connectivity index (χ0n) is 10.7. The molecule has 0 spiro atoms. The van der Waals surface area contributed by atoms with Crippen LogP contribution >= 0.6 is 0 Å². The quantitative estimate of drug-likeness (QED) is 0.738. The third-order valence-electron chi connectivity index (χ3n) is 3.53. The van der Waals surface area contributed by atoms with Gasteiger partial charge in [-0.2, -0.15) is 0 Å². The molecule has 0 aromatic rings. The summed E-state index contributed by atoms with van der Waals surface area (Å²) >= 11 is 0. The summed E-state index contributed by atoms with van der Waals surface area (Å²) in [6, 6.07) is -0.0788. The van der Waals surface area contributed by atoms with Crippen molar-refractivity contribution in [1.82, 2.24) is 10.2 Å². The molecular formula is C12H24N2O2. The number of rotatable bonds is 3. The topological polar surface area (TPSA) is 52.6 Å². The van der Waals surface area contributed by atoms with Crippen LogP contribution < -0.4 is 5.32 Å². The fraction of sp³-hybridized carbons (Fsp3) is 0.917. The molecule has 1 aliphatic heterocycles. The lowest BCUT2D eigenvalue weighted by atomic mass is 9.95. The van der Waals surface area contributed by atoms with E-state index in [1.807, 2.05) is 27.8 Å². The van der Waals surface area contributed by atoms with Crippen LogP contribution in [0.4, 0.5) is 0 Å². The largest absolute Gasteiger partial charge is 0.390 e. The second-order valence-electron chi connectivity index (χ2n) is 5.27. The van der Waals surface area contributed by atoms with Crippen LogP contribution in [0.2, 0.25) is 0 Å². The molecule has 4 heteroatoms. The normalized spacial score (nSPS) is 29.1. The van der Waals surface area contributed by atoms with E-state index in [0.717, 1.165) is 13.0 Å². The van der Waals surface area contributed by atoms with E-state index in [2.05, 4.69) is 10.2 Å². The zero-order valence-corrected chi connectivity index (χ0v) is 10.7. The number of carbonyl (C=O) groups is 1. The van der Waals surface area contributed by atoms with E-state index in [-0.39, 0.29) is 17.9 Å². The minimum atomic E-state index is -0.443. The molecule has 0 saturated carbocycles. The van der Waals surface area contributed by atoms with E-state index in [9.17, 15) is 9.90 Å². The minimum absolute atomic E-state index is 0.00635. The summed E-state index contributed by atoms with van der Waals surface area (Å²) in [6.45, 7) is 7.57. The van der Waals surface area contributed by atoms with Gasteiger partial charge in [0.25, 0.3) is 0 Å². The van der Waals surface area contributed by atoms with E-state index < -0.39 is 6.10 Å². The van der Waals surface area contributed by atoms with Crippen molar-refractivity contribution < 1.29 is 9.90 Å². The third-order valence-corrected chi connectivity index (χ3v) is 3.53. The number of nitrogens with one attached hydrogen (secondary N) is 1. The first-order valence-electron chi connectivity index (χ1n) is 6.08. The van der Waals surface area contributed by atoms with Crippen LogP contribution in [-0.4, -0.2) is 48.2 Å². The van der Waals surface area contributed by atoms with Gasteiger partial charge in [-0.1, -0.05) is 20.8 Å². The SMILES string of the molecule is CC(C)C(C)C(=O)NC1CCN(C)CC1O. The third kappa shape index (κ3) is 3.46. The molecule has 0 aromatic carbocycles. The number of nitrogens with zero attached hydrogens (tertiary/aromatic N) is 1. The molecule has 1 rings (SSSR count). The van der Waals surface area contributed by atoms with E-state index in [1.54, 1.807) is 0 Å². The summed E-state index contributed by atoms with van der Waals surface area (Å²) in [5.41, 5.74) is 0. The lowest BCUT2D eigenvalue weighted by molar-refractivity contribution is -0.127. The molecule has 1 aliphatic rings. The van der Waals surface area contributed by atoms with Crippen molar-refractivity contribution in [1.29, 1.82) is 0 Å². The first kappa shape index (κ1) is 13.5. The smallest absolute Gasteiger partial charge is 0.223 e. The number of amides is 1. The molecule has 0 aromatic heterocycles. The van der Waals surface area contributed by atoms with Crippen molar-refractivity contribution in [2.24, 2.45) is 11.8 Å². The van der Waals surface area contributed by atoms with Gasteiger partial charge in [0.2, 0.25) is 5.91 Å². The van der Waals surface area contributed by atoms with E-state index in [4.69, 9.17) is 0 Å². The van der Waals surface area contributed by atoms with Gasteiger partial charge in [0.15, 0.2) is 0 Å². The Hall–Kier alpha value is -0.610. The summed E-state index contributed by atoms with van der Waals surface area (Å²) in [6.07, 6.45) is 0.385. The molecule has 0 aliphatic carbocycles. The Labute approximate surface area is 98.0 Å². The van der Waals surface area contributed by atoms with Crippen LogP contribution in [0.5, 0.6) is 0 Å². The number of piperidine rings is 1. The molecule has 1 saturated heterocycles. The molecule has 16 heavy (non-hydrogen) atoms. The van der Waals surface area contributed by atoms with Crippen LogP contribution in [0.1, 0.15) is 27.2 Å². The van der Waals surface area contributed by atoms with Gasteiger partial charge in [0, 0.05) is 12.5 Å². The molecule has 94 valence electrons. The van der Waals surface area contributed by atoms with Crippen LogP contribution in [0.15, 0.2) is 0 Å². The van der Waals surface area contributed by atoms with Gasteiger partial charge in [-0.15, -0.1) is 0 Å². The molecular weight excluding hydrogens is 204 g/mol. The number of aliphatic hydroxyl groups excluding tert-OH is 1. The number of aliphatic hydroxyl groups is 1. The first-order chi connectivity index (χ1) is 7.41. The Morgan fingerprint density at radius 2 is 2.06 bits per heavy atom. The van der Waals surface area contributed by atoms with Crippen molar-refractivity contribution in [3.05, 3.63) is 0 Å². The highest BCUT2D eigenvalue weighted by Crippen LogP contribution is 2.13.